The first-order valence-electron chi connectivity index (χ1n) is 7.85. The Morgan fingerprint density at radius 3 is 2.67 bits per heavy atom. The van der Waals surface area contributed by atoms with Crippen molar-refractivity contribution >= 4 is 29.3 Å². The van der Waals surface area contributed by atoms with Gasteiger partial charge in [-0.05, 0) is 19.9 Å². The van der Waals surface area contributed by atoms with Gasteiger partial charge in [0.2, 0.25) is 5.88 Å². The molecule has 1 atom stereocenters. The molecule has 142 valence electrons. The van der Waals surface area contributed by atoms with Crippen LogP contribution in [0.15, 0.2) is 28.0 Å². The summed E-state index contributed by atoms with van der Waals surface area (Å²) in [4.78, 5) is 14.7. The van der Waals surface area contributed by atoms with Crippen LogP contribution in [0.25, 0.3) is 6.08 Å². The molecule has 0 saturated heterocycles. The third kappa shape index (κ3) is 3.86. The van der Waals surface area contributed by atoms with Gasteiger partial charge in [-0.3, -0.25) is 0 Å². The molecule has 2 heterocycles. The third-order valence-electron chi connectivity index (χ3n) is 3.75. The largest absolute Gasteiger partial charge is 0.481 e. The highest BCUT2D eigenvalue weighted by Gasteiger charge is 2.19. The van der Waals surface area contributed by atoms with Crippen LogP contribution in [0.3, 0.4) is 0 Å². The molecule has 1 N–H and O–H groups in total. The number of aromatic nitrogens is 4. The number of nitrogens with zero attached hydrogens (tertiary/aromatic N) is 3. The summed E-state index contributed by atoms with van der Waals surface area (Å²) in [7, 11) is 1.75. The molecule has 0 spiro atoms. The van der Waals surface area contributed by atoms with Crippen molar-refractivity contribution in [3.8, 4) is 17.4 Å². The summed E-state index contributed by atoms with van der Waals surface area (Å²) in [5, 5.41) is 7.26. The number of benzene rings is 1. The van der Waals surface area contributed by atoms with E-state index in [1.165, 1.54) is 6.07 Å². The Morgan fingerprint density at radius 2 is 2.04 bits per heavy atom. The Kier molecular flexibility index (Phi) is 5.29. The van der Waals surface area contributed by atoms with Gasteiger partial charge in [0.15, 0.2) is 17.7 Å². The lowest BCUT2D eigenvalue weighted by Gasteiger charge is -2.15. The quantitative estimate of drug-likeness (QED) is 0.650. The van der Waals surface area contributed by atoms with E-state index in [1.807, 2.05) is 6.92 Å². The number of hydrogen-bond donors (Lipinski definition) is 1. The van der Waals surface area contributed by atoms with Crippen molar-refractivity contribution in [3.63, 3.8) is 0 Å². The van der Waals surface area contributed by atoms with E-state index in [4.69, 9.17) is 32.7 Å². The normalized spacial score (nSPS) is 12.0. The summed E-state index contributed by atoms with van der Waals surface area (Å²) in [6.45, 7) is 7.31. The van der Waals surface area contributed by atoms with E-state index in [0.29, 0.717) is 22.4 Å². The van der Waals surface area contributed by atoms with Crippen LogP contribution >= 0.6 is 23.2 Å². The zero-order chi connectivity index (χ0) is 19.7. The fourth-order valence-corrected chi connectivity index (χ4v) is 2.92. The fraction of sp³-hybridized carbons (Fsp3) is 0.235. The maximum atomic E-state index is 11.1. The first-order chi connectivity index (χ1) is 12.8. The molecule has 0 fully saturated rings. The topological polar surface area (TPSA) is 95.2 Å². The number of ether oxygens (including phenoxy) is 2. The fourth-order valence-electron chi connectivity index (χ4n) is 2.45. The molecule has 8 nitrogen and oxygen atoms in total. The van der Waals surface area contributed by atoms with E-state index in [0.717, 1.165) is 11.3 Å². The van der Waals surface area contributed by atoms with Crippen molar-refractivity contribution in [2.75, 3.05) is 0 Å². The highest BCUT2D eigenvalue weighted by molar-refractivity contribution is 6.36. The second kappa shape index (κ2) is 7.50. The van der Waals surface area contributed by atoms with Crippen LogP contribution in [-0.4, -0.2) is 19.9 Å². The molecule has 2 aromatic heterocycles. The van der Waals surface area contributed by atoms with Gasteiger partial charge in [-0.1, -0.05) is 35.9 Å². The van der Waals surface area contributed by atoms with E-state index in [-0.39, 0.29) is 10.8 Å². The van der Waals surface area contributed by atoms with Gasteiger partial charge in [0.05, 0.1) is 21.3 Å². The number of aromatic amines is 1. The van der Waals surface area contributed by atoms with Crippen LogP contribution < -0.4 is 15.2 Å². The van der Waals surface area contributed by atoms with E-state index >= 15 is 0 Å². The highest BCUT2D eigenvalue weighted by atomic mass is 35.5. The minimum Gasteiger partial charge on any atom is -0.481 e. The molecule has 0 bridgehead atoms. The van der Waals surface area contributed by atoms with Gasteiger partial charge in [-0.25, -0.2) is 9.48 Å². The summed E-state index contributed by atoms with van der Waals surface area (Å²) < 4.78 is 17.8. The molecule has 1 unspecified atom stereocenters. The van der Waals surface area contributed by atoms with Crippen LogP contribution in [0.4, 0.5) is 0 Å². The Bertz CT molecular complexity index is 1050. The number of hydrogen-bond acceptors (Lipinski definition) is 6. The van der Waals surface area contributed by atoms with Gasteiger partial charge in [0.1, 0.15) is 5.75 Å². The lowest BCUT2D eigenvalue weighted by atomic mass is 10.2. The number of nitrogens with one attached hydrogen (secondary N) is 1. The van der Waals surface area contributed by atoms with Crippen molar-refractivity contribution in [1.29, 1.82) is 0 Å². The Morgan fingerprint density at radius 1 is 1.33 bits per heavy atom. The van der Waals surface area contributed by atoms with Gasteiger partial charge in [0.25, 0.3) is 0 Å². The Balaban J connectivity index is 1.92. The average molecular weight is 411 g/mol. The van der Waals surface area contributed by atoms with Crippen molar-refractivity contribution in [1.82, 2.24) is 19.9 Å². The van der Waals surface area contributed by atoms with Crippen LogP contribution in [0.5, 0.6) is 17.4 Å². The summed E-state index contributed by atoms with van der Waals surface area (Å²) in [6, 6.07) is 3.05. The van der Waals surface area contributed by atoms with Crippen LogP contribution in [0.1, 0.15) is 30.1 Å². The molecule has 1 aromatic carbocycles. The standard InChI is InChI=1S/C17H16Cl2N4O4/c1-5-10-8(2)21-23(4)16(10)26-14-7-13(11(18)6-12(14)19)25-9(3)15-20-17(24)27-22-15/h5-7,9H,1H2,2-4H3,(H,20,22,24). The maximum absolute atomic E-state index is 11.1. The lowest BCUT2D eigenvalue weighted by Crippen LogP contribution is -2.07. The smallest absolute Gasteiger partial charge is 0.459 e. The minimum absolute atomic E-state index is 0.227. The SMILES string of the molecule is C=Cc1c(C)nn(C)c1Oc1cc(OC(C)c2nc(=O)o[nH]2)c(Cl)cc1Cl. The van der Waals surface area contributed by atoms with E-state index < -0.39 is 11.9 Å². The molecular formula is C17H16Cl2N4O4. The Labute approximate surface area is 164 Å². The summed E-state index contributed by atoms with van der Waals surface area (Å²) in [6.07, 6.45) is 1.03. The van der Waals surface area contributed by atoms with E-state index in [1.54, 1.807) is 30.8 Å². The minimum atomic E-state index is -0.741. The lowest BCUT2D eigenvalue weighted by molar-refractivity contribution is 0.210. The van der Waals surface area contributed by atoms with Crippen molar-refractivity contribution in [2.24, 2.45) is 7.05 Å². The van der Waals surface area contributed by atoms with Crippen LogP contribution in [-0.2, 0) is 7.05 Å². The number of H-pyrrole nitrogens is 1. The van der Waals surface area contributed by atoms with E-state index in [2.05, 4.69) is 26.3 Å². The van der Waals surface area contributed by atoms with E-state index in [9.17, 15) is 4.79 Å². The third-order valence-corrected chi connectivity index (χ3v) is 4.35. The second-order valence-corrected chi connectivity index (χ2v) is 6.49. The van der Waals surface area contributed by atoms with Gasteiger partial charge < -0.3 is 14.0 Å². The molecule has 0 radical (unpaired) electrons. The molecule has 0 saturated carbocycles. The number of aryl methyl sites for hydroxylation is 2. The number of halogens is 2. The number of rotatable bonds is 6. The van der Waals surface area contributed by atoms with Crippen molar-refractivity contribution in [3.05, 3.63) is 56.4 Å². The van der Waals surface area contributed by atoms with Gasteiger partial charge >= 0.3 is 5.76 Å². The van der Waals surface area contributed by atoms with Gasteiger partial charge in [-0.15, -0.1) is 0 Å². The molecule has 10 heteroatoms. The highest BCUT2D eigenvalue weighted by Crippen LogP contribution is 2.40. The predicted molar refractivity (Wildman–Crippen MR) is 101 cm³/mol. The van der Waals surface area contributed by atoms with Crippen molar-refractivity contribution in [2.45, 2.75) is 20.0 Å². The summed E-state index contributed by atoms with van der Waals surface area (Å²) >= 11 is 12.5. The predicted octanol–water partition coefficient (Wildman–Crippen LogP) is 4.29. The molecular weight excluding hydrogens is 395 g/mol. The monoisotopic (exact) mass is 410 g/mol. The van der Waals surface area contributed by atoms with Crippen LogP contribution in [0, 0.1) is 6.92 Å². The van der Waals surface area contributed by atoms with Gasteiger partial charge in [0, 0.05) is 13.1 Å². The first-order valence-corrected chi connectivity index (χ1v) is 8.60. The summed E-state index contributed by atoms with van der Waals surface area (Å²) in [5.74, 6) is 0.584. The molecule has 0 amide bonds. The van der Waals surface area contributed by atoms with Crippen molar-refractivity contribution < 1.29 is 14.0 Å². The first kappa shape index (κ1) is 19.1. The van der Waals surface area contributed by atoms with Crippen LogP contribution in [0.2, 0.25) is 10.0 Å². The summed E-state index contributed by atoms with van der Waals surface area (Å²) in [5.41, 5.74) is 1.52. The Hall–Kier alpha value is -2.71. The maximum Gasteiger partial charge on any atom is 0.459 e. The molecule has 0 aliphatic carbocycles. The zero-order valence-electron chi connectivity index (χ0n) is 14.7. The molecule has 0 aliphatic rings. The zero-order valence-corrected chi connectivity index (χ0v) is 16.3. The van der Waals surface area contributed by atoms with Gasteiger partial charge in [-0.2, -0.15) is 15.2 Å². The molecule has 3 aromatic rings. The molecule has 0 aliphatic heterocycles. The molecule has 3 rings (SSSR count). The molecule has 27 heavy (non-hydrogen) atoms. The second-order valence-electron chi connectivity index (χ2n) is 5.67. The average Bonchev–Trinajstić information content (AvgIpc) is 3.15.